The van der Waals surface area contributed by atoms with Gasteiger partial charge in [0.05, 0.1) is 11.6 Å². The number of aromatic nitrogens is 2. The molecule has 4 aromatic rings. The number of rotatable bonds is 6. The summed E-state index contributed by atoms with van der Waals surface area (Å²) >= 11 is 0. The third-order valence-corrected chi connectivity index (χ3v) is 6.01. The summed E-state index contributed by atoms with van der Waals surface area (Å²) in [6, 6.07) is 26.9. The van der Waals surface area contributed by atoms with Crippen LogP contribution in [0.1, 0.15) is 12.8 Å². The summed E-state index contributed by atoms with van der Waals surface area (Å²) in [5.74, 6) is 1.76. The van der Waals surface area contributed by atoms with Gasteiger partial charge in [-0.2, -0.15) is 0 Å². The molecule has 1 aliphatic heterocycles. The van der Waals surface area contributed by atoms with Gasteiger partial charge in [-0.1, -0.05) is 18.2 Å². The van der Waals surface area contributed by atoms with Gasteiger partial charge in [0, 0.05) is 24.3 Å². The first-order valence-corrected chi connectivity index (χ1v) is 11.6. The van der Waals surface area contributed by atoms with Crippen LogP contribution in [0.15, 0.2) is 91.0 Å². The molecule has 1 amide bonds. The van der Waals surface area contributed by atoms with Crippen LogP contribution in [0.2, 0.25) is 0 Å². The van der Waals surface area contributed by atoms with E-state index in [0.717, 1.165) is 42.2 Å². The van der Waals surface area contributed by atoms with Crippen molar-refractivity contribution in [3.05, 3.63) is 96.8 Å². The summed E-state index contributed by atoms with van der Waals surface area (Å²) in [5.41, 5.74) is 2.22. The molecule has 5 rings (SSSR count). The van der Waals surface area contributed by atoms with Crippen LogP contribution < -0.4 is 15.0 Å². The number of halogens is 1. The van der Waals surface area contributed by atoms with Crippen LogP contribution in [-0.4, -0.2) is 29.2 Å². The number of benzene rings is 3. The highest BCUT2D eigenvalue weighted by Crippen LogP contribution is 2.26. The first-order valence-electron chi connectivity index (χ1n) is 11.6. The Morgan fingerprint density at radius 3 is 2.34 bits per heavy atom. The van der Waals surface area contributed by atoms with Gasteiger partial charge in [-0.15, -0.1) is 10.2 Å². The standard InChI is InChI=1S/C28H25FN4O2/c29-22-10-8-20(9-11-22)26-16-17-27(32-31-26)33-18-4-5-21(19-33)28(34)30-23-12-14-25(15-13-23)35-24-6-2-1-3-7-24/h1-3,6-17,21H,4-5,18-19H2,(H,30,34). The van der Waals surface area contributed by atoms with Crippen molar-refractivity contribution in [3.63, 3.8) is 0 Å². The number of anilines is 2. The molecular formula is C28H25FN4O2. The minimum absolute atomic E-state index is 0.0117. The monoisotopic (exact) mass is 468 g/mol. The summed E-state index contributed by atoms with van der Waals surface area (Å²) in [4.78, 5) is 15.0. The number of carbonyl (C=O) groups excluding carboxylic acids is 1. The molecule has 0 saturated carbocycles. The minimum atomic E-state index is -0.285. The van der Waals surface area contributed by atoms with Crippen molar-refractivity contribution in [1.82, 2.24) is 10.2 Å². The van der Waals surface area contributed by atoms with E-state index in [9.17, 15) is 9.18 Å². The Morgan fingerprint density at radius 2 is 1.63 bits per heavy atom. The van der Waals surface area contributed by atoms with E-state index in [4.69, 9.17) is 4.74 Å². The minimum Gasteiger partial charge on any atom is -0.457 e. The molecule has 1 aromatic heterocycles. The maximum atomic E-state index is 13.2. The molecule has 1 N–H and O–H groups in total. The van der Waals surface area contributed by atoms with Crippen LogP contribution in [0.4, 0.5) is 15.9 Å². The van der Waals surface area contributed by atoms with E-state index in [1.54, 1.807) is 12.1 Å². The number of amides is 1. The molecule has 1 atom stereocenters. The van der Waals surface area contributed by atoms with Crippen LogP contribution in [0.3, 0.4) is 0 Å². The van der Waals surface area contributed by atoms with Gasteiger partial charge >= 0.3 is 0 Å². The Hall–Kier alpha value is -4.26. The van der Waals surface area contributed by atoms with Crippen LogP contribution in [0.5, 0.6) is 11.5 Å². The summed E-state index contributed by atoms with van der Waals surface area (Å²) < 4.78 is 19.0. The molecule has 6 nitrogen and oxygen atoms in total. The van der Waals surface area contributed by atoms with Gasteiger partial charge in [0.25, 0.3) is 0 Å². The Morgan fingerprint density at radius 1 is 0.886 bits per heavy atom. The molecule has 0 bridgehead atoms. The molecule has 35 heavy (non-hydrogen) atoms. The quantitative estimate of drug-likeness (QED) is 0.380. The molecule has 1 aliphatic rings. The lowest BCUT2D eigenvalue weighted by atomic mass is 9.97. The maximum Gasteiger partial charge on any atom is 0.229 e. The van der Waals surface area contributed by atoms with Crippen molar-refractivity contribution < 1.29 is 13.9 Å². The SMILES string of the molecule is O=C(Nc1ccc(Oc2ccccc2)cc1)C1CCCN(c2ccc(-c3ccc(F)cc3)nn2)C1. The van der Waals surface area contributed by atoms with E-state index < -0.39 is 0 Å². The predicted octanol–water partition coefficient (Wildman–Crippen LogP) is 5.93. The number of ether oxygens (including phenoxy) is 1. The Kier molecular flexibility index (Phi) is 6.66. The van der Waals surface area contributed by atoms with Gasteiger partial charge in [0.1, 0.15) is 17.3 Å². The van der Waals surface area contributed by atoms with E-state index in [2.05, 4.69) is 20.4 Å². The predicted molar refractivity (Wildman–Crippen MR) is 134 cm³/mol. The van der Waals surface area contributed by atoms with Crippen molar-refractivity contribution in [2.75, 3.05) is 23.3 Å². The molecule has 0 spiro atoms. The third kappa shape index (κ3) is 5.63. The Balaban J connectivity index is 1.18. The number of nitrogens with one attached hydrogen (secondary N) is 1. The second-order valence-corrected chi connectivity index (χ2v) is 8.50. The molecular weight excluding hydrogens is 443 g/mol. The van der Waals surface area contributed by atoms with Gasteiger partial charge in [0.15, 0.2) is 5.82 Å². The van der Waals surface area contributed by atoms with Crippen molar-refractivity contribution in [1.29, 1.82) is 0 Å². The van der Waals surface area contributed by atoms with Crippen molar-refractivity contribution in [2.45, 2.75) is 12.8 Å². The third-order valence-electron chi connectivity index (χ3n) is 6.01. The molecule has 7 heteroatoms. The topological polar surface area (TPSA) is 67.3 Å². The fourth-order valence-corrected chi connectivity index (χ4v) is 4.14. The maximum absolute atomic E-state index is 13.2. The first-order chi connectivity index (χ1) is 17.1. The highest BCUT2D eigenvalue weighted by Gasteiger charge is 2.27. The molecule has 3 aromatic carbocycles. The molecule has 176 valence electrons. The van der Waals surface area contributed by atoms with Crippen LogP contribution in [-0.2, 0) is 4.79 Å². The smallest absolute Gasteiger partial charge is 0.229 e. The summed E-state index contributed by atoms with van der Waals surface area (Å²) in [6.07, 6.45) is 1.71. The number of carbonyl (C=O) groups is 1. The van der Waals surface area contributed by atoms with Gasteiger partial charge < -0.3 is 15.0 Å². The zero-order valence-electron chi connectivity index (χ0n) is 19.1. The second-order valence-electron chi connectivity index (χ2n) is 8.50. The average molecular weight is 469 g/mol. The fourth-order valence-electron chi connectivity index (χ4n) is 4.14. The van der Waals surface area contributed by atoms with E-state index >= 15 is 0 Å². The normalized spacial score (nSPS) is 15.5. The Bertz CT molecular complexity index is 1260. The van der Waals surface area contributed by atoms with Gasteiger partial charge in [0.2, 0.25) is 5.91 Å². The molecule has 0 aliphatic carbocycles. The summed E-state index contributed by atoms with van der Waals surface area (Å²) in [7, 11) is 0. The van der Waals surface area contributed by atoms with Crippen LogP contribution >= 0.6 is 0 Å². The molecule has 1 saturated heterocycles. The average Bonchev–Trinajstić information content (AvgIpc) is 2.91. The van der Waals surface area contributed by atoms with E-state index in [1.807, 2.05) is 66.7 Å². The number of piperidine rings is 1. The van der Waals surface area contributed by atoms with Crippen molar-refractivity contribution in [3.8, 4) is 22.8 Å². The Labute approximate surface area is 203 Å². The van der Waals surface area contributed by atoms with E-state index in [1.165, 1.54) is 12.1 Å². The lowest BCUT2D eigenvalue weighted by molar-refractivity contribution is -0.120. The summed E-state index contributed by atoms with van der Waals surface area (Å²) in [5, 5.41) is 11.7. The van der Waals surface area contributed by atoms with Crippen molar-refractivity contribution in [2.24, 2.45) is 5.92 Å². The zero-order valence-corrected chi connectivity index (χ0v) is 19.1. The lowest BCUT2D eigenvalue weighted by Crippen LogP contribution is -2.41. The van der Waals surface area contributed by atoms with Crippen LogP contribution in [0.25, 0.3) is 11.3 Å². The molecule has 2 heterocycles. The molecule has 0 radical (unpaired) electrons. The first kappa shape index (κ1) is 22.5. The molecule has 1 unspecified atom stereocenters. The van der Waals surface area contributed by atoms with Gasteiger partial charge in [-0.3, -0.25) is 4.79 Å². The summed E-state index contributed by atoms with van der Waals surface area (Å²) in [6.45, 7) is 1.39. The molecule has 1 fully saturated rings. The fraction of sp³-hybridized carbons (Fsp3) is 0.179. The number of hydrogen-bond donors (Lipinski definition) is 1. The van der Waals surface area contributed by atoms with E-state index in [0.29, 0.717) is 18.0 Å². The second kappa shape index (κ2) is 10.3. The van der Waals surface area contributed by atoms with Crippen LogP contribution in [0, 0.1) is 11.7 Å². The van der Waals surface area contributed by atoms with Gasteiger partial charge in [-0.05, 0) is 85.6 Å². The van der Waals surface area contributed by atoms with E-state index in [-0.39, 0.29) is 17.6 Å². The highest BCUT2D eigenvalue weighted by atomic mass is 19.1. The largest absolute Gasteiger partial charge is 0.457 e. The number of hydrogen-bond acceptors (Lipinski definition) is 5. The zero-order chi connectivity index (χ0) is 24.0. The number of nitrogens with zero attached hydrogens (tertiary/aromatic N) is 3. The lowest BCUT2D eigenvalue weighted by Gasteiger charge is -2.32. The highest BCUT2D eigenvalue weighted by molar-refractivity contribution is 5.93. The van der Waals surface area contributed by atoms with Gasteiger partial charge in [-0.25, -0.2) is 4.39 Å². The van der Waals surface area contributed by atoms with Crippen molar-refractivity contribution >= 4 is 17.4 Å². The number of para-hydroxylation sites is 1.